The number of amides is 1. The Morgan fingerprint density at radius 1 is 1.35 bits per heavy atom. The van der Waals surface area contributed by atoms with Gasteiger partial charge in [0.1, 0.15) is 5.25 Å². The Bertz CT molecular complexity index is 501. The van der Waals surface area contributed by atoms with Crippen molar-refractivity contribution < 1.29 is 9.00 Å². The average molecular weight is 296 g/mol. The van der Waals surface area contributed by atoms with Gasteiger partial charge in [0.05, 0.1) is 15.7 Å². The SMILES string of the molecule is Cc1ccc(N)c(S(=O)C(C)C(=O)NCCC(C)C)c1. The zero-order chi connectivity index (χ0) is 15.3. The largest absolute Gasteiger partial charge is 0.398 e. The summed E-state index contributed by atoms with van der Waals surface area (Å²) in [5.74, 6) is 0.341. The Labute approximate surface area is 123 Å². The van der Waals surface area contributed by atoms with Crippen LogP contribution in [0.25, 0.3) is 0 Å². The summed E-state index contributed by atoms with van der Waals surface area (Å²) in [6.07, 6.45) is 0.914. The van der Waals surface area contributed by atoms with Crippen molar-refractivity contribution in [3.63, 3.8) is 0 Å². The van der Waals surface area contributed by atoms with Crippen LogP contribution in [-0.4, -0.2) is 21.9 Å². The summed E-state index contributed by atoms with van der Waals surface area (Å²) in [5, 5.41) is 2.22. The second kappa shape index (κ2) is 7.43. The Morgan fingerprint density at radius 3 is 2.60 bits per heavy atom. The highest BCUT2D eigenvalue weighted by molar-refractivity contribution is 7.86. The summed E-state index contributed by atoms with van der Waals surface area (Å²) in [6.45, 7) is 8.39. The number of rotatable bonds is 6. The molecule has 3 N–H and O–H groups in total. The second-order valence-electron chi connectivity index (χ2n) is 5.45. The predicted octanol–water partition coefficient (Wildman–Crippen LogP) is 2.24. The number of hydrogen-bond acceptors (Lipinski definition) is 3. The van der Waals surface area contributed by atoms with Crippen molar-refractivity contribution in [3.05, 3.63) is 23.8 Å². The Balaban J connectivity index is 2.71. The fourth-order valence-corrected chi connectivity index (χ4v) is 2.99. The normalized spacial score (nSPS) is 14.1. The van der Waals surface area contributed by atoms with Crippen molar-refractivity contribution in [2.45, 2.75) is 44.3 Å². The molecule has 0 aliphatic carbocycles. The Kier molecular flexibility index (Phi) is 6.20. The van der Waals surface area contributed by atoms with Gasteiger partial charge in [-0.25, -0.2) is 0 Å². The van der Waals surface area contributed by atoms with E-state index in [0.717, 1.165) is 12.0 Å². The van der Waals surface area contributed by atoms with Gasteiger partial charge < -0.3 is 11.1 Å². The summed E-state index contributed by atoms with van der Waals surface area (Å²) in [7, 11) is -1.43. The maximum atomic E-state index is 12.4. The molecule has 1 aromatic carbocycles. The van der Waals surface area contributed by atoms with Crippen LogP contribution in [0.15, 0.2) is 23.1 Å². The zero-order valence-corrected chi connectivity index (χ0v) is 13.4. The fourth-order valence-electron chi connectivity index (χ4n) is 1.73. The maximum absolute atomic E-state index is 12.4. The maximum Gasteiger partial charge on any atom is 0.235 e. The number of nitrogens with two attached hydrogens (primary N) is 1. The minimum Gasteiger partial charge on any atom is -0.398 e. The van der Waals surface area contributed by atoms with Crippen LogP contribution in [0.2, 0.25) is 0 Å². The van der Waals surface area contributed by atoms with E-state index in [1.807, 2.05) is 13.0 Å². The van der Waals surface area contributed by atoms with Crippen LogP contribution in [0.4, 0.5) is 5.69 Å². The van der Waals surface area contributed by atoms with Gasteiger partial charge in [-0.1, -0.05) is 19.9 Å². The van der Waals surface area contributed by atoms with E-state index in [1.165, 1.54) is 0 Å². The number of aryl methyl sites for hydroxylation is 1. The van der Waals surface area contributed by atoms with Crippen molar-refractivity contribution >= 4 is 22.4 Å². The van der Waals surface area contributed by atoms with Gasteiger partial charge >= 0.3 is 0 Å². The monoisotopic (exact) mass is 296 g/mol. The van der Waals surface area contributed by atoms with Gasteiger partial charge in [0.25, 0.3) is 0 Å². The van der Waals surface area contributed by atoms with E-state index in [9.17, 15) is 9.00 Å². The quantitative estimate of drug-likeness (QED) is 0.791. The van der Waals surface area contributed by atoms with Gasteiger partial charge in [0, 0.05) is 12.2 Å². The van der Waals surface area contributed by atoms with Gasteiger partial charge in [0.2, 0.25) is 5.91 Å². The standard InChI is InChI=1S/C15H24N2O2S/c1-10(2)7-8-17-15(18)12(4)20(19)14-9-11(3)5-6-13(14)16/h5-6,9-10,12H,7-8,16H2,1-4H3,(H,17,18). The summed E-state index contributed by atoms with van der Waals surface area (Å²) in [6, 6.07) is 5.37. The highest BCUT2D eigenvalue weighted by Gasteiger charge is 2.22. The highest BCUT2D eigenvalue weighted by atomic mass is 32.2. The summed E-state index contributed by atoms with van der Waals surface area (Å²) >= 11 is 0. The van der Waals surface area contributed by atoms with Crippen LogP contribution in [0.1, 0.15) is 32.8 Å². The molecule has 0 bridgehead atoms. The van der Waals surface area contributed by atoms with Crippen molar-refractivity contribution in [1.82, 2.24) is 5.32 Å². The topological polar surface area (TPSA) is 72.2 Å². The minimum absolute atomic E-state index is 0.190. The molecule has 5 heteroatoms. The zero-order valence-electron chi connectivity index (χ0n) is 12.6. The van der Waals surface area contributed by atoms with Crippen LogP contribution in [-0.2, 0) is 15.6 Å². The first-order valence-electron chi connectivity index (χ1n) is 6.87. The van der Waals surface area contributed by atoms with E-state index >= 15 is 0 Å². The fraction of sp³-hybridized carbons (Fsp3) is 0.533. The number of carbonyl (C=O) groups excluding carboxylic acids is 1. The second-order valence-corrected chi connectivity index (χ2v) is 7.20. The predicted molar refractivity (Wildman–Crippen MR) is 83.9 cm³/mol. The molecule has 0 saturated carbocycles. The number of nitrogen functional groups attached to an aromatic ring is 1. The molecule has 1 rings (SSSR count). The lowest BCUT2D eigenvalue weighted by Gasteiger charge is -2.14. The van der Waals surface area contributed by atoms with Crippen LogP contribution < -0.4 is 11.1 Å². The number of nitrogens with one attached hydrogen (secondary N) is 1. The smallest absolute Gasteiger partial charge is 0.235 e. The first kappa shape index (κ1) is 16.7. The average Bonchev–Trinajstić information content (AvgIpc) is 2.39. The summed E-state index contributed by atoms with van der Waals surface area (Å²) in [5.41, 5.74) is 7.29. The number of hydrogen-bond donors (Lipinski definition) is 2. The van der Waals surface area contributed by atoms with E-state index in [4.69, 9.17) is 5.73 Å². The third-order valence-corrected chi connectivity index (χ3v) is 4.74. The molecule has 1 aromatic rings. The minimum atomic E-state index is -1.43. The van der Waals surface area contributed by atoms with E-state index < -0.39 is 16.0 Å². The Morgan fingerprint density at radius 2 is 2.00 bits per heavy atom. The van der Waals surface area contributed by atoms with Crippen molar-refractivity contribution in [1.29, 1.82) is 0 Å². The van der Waals surface area contributed by atoms with Crippen molar-refractivity contribution in [3.8, 4) is 0 Å². The molecule has 0 fully saturated rings. The van der Waals surface area contributed by atoms with Crippen LogP contribution in [0.5, 0.6) is 0 Å². The van der Waals surface area contributed by atoms with Crippen LogP contribution >= 0.6 is 0 Å². The molecule has 1 amide bonds. The molecule has 2 atom stereocenters. The Hall–Kier alpha value is -1.36. The van der Waals surface area contributed by atoms with Gasteiger partial charge in [0.15, 0.2) is 0 Å². The van der Waals surface area contributed by atoms with Gasteiger partial charge in [-0.05, 0) is 43.9 Å². The third-order valence-electron chi connectivity index (χ3n) is 3.10. The van der Waals surface area contributed by atoms with Crippen molar-refractivity contribution in [2.24, 2.45) is 5.92 Å². The molecule has 0 aromatic heterocycles. The molecule has 2 unspecified atom stereocenters. The first-order chi connectivity index (χ1) is 9.32. The lowest BCUT2D eigenvalue weighted by atomic mass is 10.1. The molecule has 0 aliphatic heterocycles. The molecule has 0 radical (unpaired) electrons. The van der Waals surface area contributed by atoms with E-state index in [1.54, 1.807) is 19.1 Å². The number of anilines is 1. The van der Waals surface area contributed by atoms with E-state index in [0.29, 0.717) is 23.0 Å². The molecule has 112 valence electrons. The van der Waals surface area contributed by atoms with Gasteiger partial charge in [-0.2, -0.15) is 0 Å². The molecular weight excluding hydrogens is 272 g/mol. The lowest BCUT2D eigenvalue weighted by molar-refractivity contribution is -0.120. The molecule has 20 heavy (non-hydrogen) atoms. The lowest BCUT2D eigenvalue weighted by Crippen LogP contribution is -2.36. The molecule has 4 nitrogen and oxygen atoms in total. The van der Waals surface area contributed by atoms with Crippen LogP contribution in [0, 0.1) is 12.8 Å². The number of benzene rings is 1. The van der Waals surface area contributed by atoms with Crippen LogP contribution in [0.3, 0.4) is 0 Å². The van der Waals surface area contributed by atoms with E-state index in [2.05, 4.69) is 19.2 Å². The highest BCUT2D eigenvalue weighted by Crippen LogP contribution is 2.20. The first-order valence-corrected chi connectivity index (χ1v) is 8.08. The van der Waals surface area contributed by atoms with Crippen molar-refractivity contribution in [2.75, 3.05) is 12.3 Å². The van der Waals surface area contributed by atoms with E-state index in [-0.39, 0.29) is 5.91 Å². The third kappa shape index (κ3) is 4.63. The molecule has 0 spiro atoms. The summed E-state index contributed by atoms with van der Waals surface area (Å²) < 4.78 is 12.4. The summed E-state index contributed by atoms with van der Waals surface area (Å²) in [4.78, 5) is 12.5. The molecule has 0 aliphatic rings. The molecule has 0 saturated heterocycles. The van der Waals surface area contributed by atoms with Gasteiger partial charge in [-0.3, -0.25) is 9.00 Å². The van der Waals surface area contributed by atoms with Gasteiger partial charge in [-0.15, -0.1) is 0 Å². The number of carbonyl (C=O) groups is 1. The molecular formula is C15H24N2O2S. The molecule has 0 heterocycles.